The molecular weight excluding hydrogens is 310 g/mol. The first-order valence-corrected chi connectivity index (χ1v) is 7.61. The molecule has 9 nitrogen and oxygen atoms in total. The van der Waals surface area contributed by atoms with Crippen molar-refractivity contribution in [3.05, 3.63) is 30.7 Å². The summed E-state index contributed by atoms with van der Waals surface area (Å²) in [6, 6.07) is 5.41. The first-order valence-electron chi connectivity index (χ1n) is 7.61. The summed E-state index contributed by atoms with van der Waals surface area (Å²) >= 11 is 0. The van der Waals surface area contributed by atoms with Gasteiger partial charge in [0.25, 0.3) is 0 Å². The molecule has 2 heterocycles. The Labute approximate surface area is 136 Å². The Hall–Kier alpha value is -3.23. The van der Waals surface area contributed by atoms with Gasteiger partial charge in [0.2, 0.25) is 11.8 Å². The Morgan fingerprint density at radius 1 is 1.29 bits per heavy atom. The molecular formula is C15H15N7O2. The summed E-state index contributed by atoms with van der Waals surface area (Å²) in [6.07, 6.45) is 4.98. The number of benzene rings is 1. The van der Waals surface area contributed by atoms with E-state index in [9.17, 15) is 9.59 Å². The molecule has 1 aliphatic rings. The number of anilines is 2. The molecule has 1 aliphatic carbocycles. The van der Waals surface area contributed by atoms with Gasteiger partial charge in [-0.3, -0.25) is 9.59 Å². The molecule has 4 rings (SSSR count). The summed E-state index contributed by atoms with van der Waals surface area (Å²) in [5.41, 5.74) is 2.35. The summed E-state index contributed by atoms with van der Waals surface area (Å²) in [5, 5.41) is 13.2. The van der Waals surface area contributed by atoms with Gasteiger partial charge in [-0.15, -0.1) is 5.10 Å². The fraction of sp³-hybridized carbons (Fsp3) is 0.267. The van der Waals surface area contributed by atoms with Crippen molar-refractivity contribution in [3.8, 4) is 0 Å². The fourth-order valence-electron chi connectivity index (χ4n) is 2.37. The van der Waals surface area contributed by atoms with Crippen molar-refractivity contribution in [2.24, 2.45) is 5.92 Å². The molecule has 1 fully saturated rings. The molecule has 24 heavy (non-hydrogen) atoms. The molecule has 0 aliphatic heterocycles. The standard InChI is InChI=1S/C15H15N7O2/c23-14(18-10-3-4-11-12(5-10)17-8-16-11)7-22-6-13(20-21-22)19-15(24)9-1-2-9/h3-6,8-9H,1-2,7H2,(H,16,17)(H,18,23)(H,19,24). The number of nitrogens with one attached hydrogen (secondary N) is 3. The van der Waals surface area contributed by atoms with Gasteiger partial charge < -0.3 is 15.6 Å². The van der Waals surface area contributed by atoms with Gasteiger partial charge in [-0.2, -0.15) is 0 Å². The zero-order chi connectivity index (χ0) is 16.5. The third-order valence-corrected chi connectivity index (χ3v) is 3.75. The highest BCUT2D eigenvalue weighted by Crippen LogP contribution is 2.29. The van der Waals surface area contributed by atoms with E-state index in [0.717, 1.165) is 23.9 Å². The van der Waals surface area contributed by atoms with Crippen molar-refractivity contribution < 1.29 is 9.59 Å². The van der Waals surface area contributed by atoms with Crippen LogP contribution in [0.25, 0.3) is 11.0 Å². The maximum Gasteiger partial charge on any atom is 0.246 e. The van der Waals surface area contributed by atoms with E-state index in [1.807, 2.05) is 12.1 Å². The number of H-pyrrole nitrogens is 1. The number of aromatic amines is 1. The van der Waals surface area contributed by atoms with Crippen molar-refractivity contribution in [2.75, 3.05) is 10.6 Å². The Morgan fingerprint density at radius 2 is 2.17 bits per heavy atom. The number of hydrogen-bond donors (Lipinski definition) is 3. The molecule has 122 valence electrons. The van der Waals surface area contributed by atoms with Gasteiger partial charge in [-0.1, -0.05) is 5.21 Å². The van der Waals surface area contributed by atoms with Gasteiger partial charge in [-0.25, -0.2) is 9.67 Å². The maximum atomic E-state index is 12.1. The van der Waals surface area contributed by atoms with Crippen LogP contribution in [0.15, 0.2) is 30.7 Å². The van der Waals surface area contributed by atoms with Crippen LogP contribution in [-0.2, 0) is 16.1 Å². The van der Waals surface area contributed by atoms with Crippen LogP contribution in [-0.4, -0.2) is 36.8 Å². The number of imidazole rings is 1. The number of amides is 2. The second-order valence-corrected chi connectivity index (χ2v) is 5.75. The monoisotopic (exact) mass is 325 g/mol. The van der Waals surface area contributed by atoms with Gasteiger partial charge in [0.15, 0.2) is 5.82 Å². The zero-order valence-corrected chi connectivity index (χ0v) is 12.7. The number of fused-ring (bicyclic) bond motifs is 1. The molecule has 2 aromatic heterocycles. The second-order valence-electron chi connectivity index (χ2n) is 5.75. The molecule has 0 radical (unpaired) electrons. The van der Waals surface area contributed by atoms with Gasteiger partial charge >= 0.3 is 0 Å². The second kappa shape index (κ2) is 5.76. The van der Waals surface area contributed by atoms with Crippen LogP contribution in [0.4, 0.5) is 11.5 Å². The maximum absolute atomic E-state index is 12.1. The van der Waals surface area contributed by atoms with Crippen LogP contribution in [0, 0.1) is 5.92 Å². The van der Waals surface area contributed by atoms with Crippen molar-refractivity contribution >= 4 is 34.4 Å². The Balaban J connectivity index is 1.36. The van der Waals surface area contributed by atoms with Crippen LogP contribution in [0.3, 0.4) is 0 Å². The Kier molecular flexibility index (Phi) is 3.45. The molecule has 0 atom stereocenters. The van der Waals surface area contributed by atoms with E-state index >= 15 is 0 Å². The predicted octanol–water partition coefficient (Wildman–Crippen LogP) is 1.14. The average molecular weight is 325 g/mol. The largest absolute Gasteiger partial charge is 0.345 e. The van der Waals surface area contributed by atoms with Crippen molar-refractivity contribution in [2.45, 2.75) is 19.4 Å². The highest BCUT2D eigenvalue weighted by Gasteiger charge is 2.30. The quantitative estimate of drug-likeness (QED) is 0.650. The molecule has 1 saturated carbocycles. The molecule has 0 spiro atoms. The lowest BCUT2D eigenvalue weighted by atomic mass is 10.3. The molecule has 1 aromatic carbocycles. The summed E-state index contributed by atoms with van der Waals surface area (Å²) in [7, 11) is 0. The van der Waals surface area contributed by atoms with E-state index in [0.29, 0.717) is 11.5 Å². The van der Waals surface area contributed by atoms with E-state index in [-0.39, 0.29) is 24.3 Å². The number of rotatable bonds is 5. The molecule has 3 N–H and O–H groups in total. The van der Waals surface area contributed by atoms with Crippen LogP contribution in [0.5, 0.6) is 0 Å². The molecule has 2 amide bonds. The minimum atomic E-state index is -0.237. The lowest BCUT2D eigenvalue weighted by molar-refractivity contribution is -0.117. The van der Waals surface area contributed by atoms with E-state index in [2.05, 4.69) is 30.9 Å². The highest BCUT2D eigenvalue weighted by atomic mass is 16.2. The fourth-order valence-corrected chi connectivity index (χ4v) is 2.37. The van der Waals surface area contributed by atoms with E-state index < -0.39 is 0 Å². The van der Waals surface area contributed by atoms with Gasteiger partial charge in [-0.05, 0) is 31.0 Å². The number of aromatic nitrogens is 5. The van der Waals surface area contributed by atoms with Crippen molar-refractivity contribution in [3.63, 3.8) is 0 Å². The summed E-state index contributed by atoms with van der Waals surface area (Å²) in [5.74, 6) is 0.174. The third kappa shape index (κ3) is 3.09. The lowest BCUT2D eigenvalue weighted by Crippen LogP contribution is -2.19. The first-order chi connectivity index (χ1) is 11.7. The smallest absolute Gasteiger partial charge is 0.246 e. The van der Waals surface area contributed by atoms with E-state index in [1.165, 1.54) is 10.9 Å². The van der Waals surface area contributed by atoms with Crippen molar-refractivity contribution in [1.82, 2.24) is 25.0 Å². The molecule has 0 unspecified atom stereocenters. The normalized spacial score (nSPS) is 13.8. The summed E-state index contributed by atoms with van der Waals surface area (Å²) in [4.78, 5) is 30.9. The number of carbonyl (C=O) groups excluding carboxylic acids is 2. The van der Waals surface area contributed by atoms with Gasteiger partial charge in [0, 0.05) is 11.6 Å². The Morgan fingerprint density at radius 3 is 3.00 bits per heavy atom. The average Bonchev–Trinajstić information content (AvgIpc) is 3.16. The topological polar surface area (TPSA) is 118 Å². The zero-order valence-electron chi connectivity index (χ0n) is 12.7. The van der Waals surface area contributed by atoms with E-state index in [1.54, 1.807) is 12.4 Å². The van der Waals surface area contributed by atoms with Crippen LogP contribution in [0.2, 0.25) is 0 Å². The molecule has 0 bridgehead atoms. The number of hydrogen-bond acceptors (Lipinski definition) is 5. The minimum absolute atomic E-state index is 0.00725. The number of nitrogens with zero attached hydrogens (tertiary/aromatic N) is 4. The molecule has 3 aromatic rings. The van der Waals surface area contributed by atoms with E-state index in [4.69, 9.17) is 0 Å². The van der Waals surface area contributed by atoms with Crippen LogP contribution in [0.1, 0.15) is 12.8 Å². The molecule has 9 heteroatoms. The van der Waals surface area contributed by atoms with Crippen molar-refractivity contribution in [1.29, 1.82) is 0 Å². The Bertz CT molecular complexity index is 909. The van der Waals surface area contributed by atoms with Gasteiger partial charge in [0.1, 0.15) is 6.54 Å². The third-order valence-electron chi connectivity index (χ3n) is 3.75. The first kappa shape index (κ1) is 14.4. The van der Waals surface area contributed by atoms with Crippen LogP contribution < -0.4 is 10.6 Å². The number of carbonyl (C=O) groups is 2. The highest BCUT2D eigenvalue weighted by molar-refractivity contribution is 5.94. The SMILES string of the molecule is O=C(Cn1cc(NC(=O)C2CC2)nn1)Nc1ccc2nc[nH]c2c1. The minimum Gasteiger partial charge on any atom is -0.345 e. The molecule has 0 saturated heterocycles. The summed E-state index contributed by atoms with van der Waals surface area (Å²) < 4.78 is 1.38. The van der Waals surface area contributed by atoms with Gasteiger partial charge in [0.05, 0.1) is 23.6 Å². The summed E-state index contributed by atoms with van der Waals surface area (Å²) in [6.45, 7) is 0.00725. The predicted molar refractivity (Wildman–Crippen MR) is 86.1 cm³/mol. The lowest BCUT2D eigenvalue weighted by Gasteiger charge is -2.04. The van der Waals surface area contributed by atoms with Crippen LogP contribution >= 0.6 is 0 Å².